The van der Waals surface area contributed by atoms with Crippen molar-refractivity contribution in [3.8, 4) is 5.75 Å². The van der Waals surface area contributed by atoms with Crippen LogP contribution in [0.4, 0.5) is 4.39 Å². The van der Waals surface area contributed by atoms with Gasteiger partial charge < -0.3 is 10.5 Å². The predicted octanol–water partition coefficient (Wildman–Crippen LogP) is 1.87. The normalized spacial score (nSPS) is 20.0. The highest BCUT2D eigenvalue weighted by atomic mass is 19.1. The van der Waals surface area contributed by atoms with Crippen LogP contribution in [0.1, 0.15) is 18.4 Å². The van der Waals surface area contributed by atoms with Gasteiger partial charge in [-0.3, -0.25) is 0 Å². The monoisotopic (exact) mass is 195 g/mol. The predicted molar refractivity (Wildman–Crippen MR) is 52.8 cm³/mol. The smallest absolute Gasteiger partial charge is 0.123 e. The summed E-state index contributed by atoms with van der Waals surface area (Å²) in [6.45, 7) is 0.640. The number of hydrogen-bond donors (Lipinski definition) is 1. The molecule has 3 heteroatoms. The van der Waals surface area contributed by atoms with Gasteiger partial charge in [-0.25, -0.2) is 4.39 Å². The van der Waals surface area contributed by atoms with E-state index in [1.807, 2.05) is 0 Å². The molecule has 0 aromatic heterocycles. The van der Waals surface area contributed by atoms with Gasteiger partial charge in [0.05, 0.1) is 0 Å². The molecule has 1 aromatic carbocycles. The fourth-order valence-electron chi connectivity index (χ4n) is 1.80. The largest absolute Gasteiger partial charge is 0.490 e. The van der Waals surface area contributed by atoms with Crippen LogP contribution in [-0.4, -0.2) is 12.6 Å². The Morgan fingerprint density at radius 2 is 2.36 bits per heavy atom. The summed E-state index contributed by atoms with van der Waals surface area (Å²) in [5.74, 6) is 0.626. The number of rotatable bonds is 2. The summed E-state index contributed by atoms with van der Waals surface area (Å²) in [7, 11) is 0. The quantitative estimate of drug-likeness (QED) is 0.781. The van der Waals surface area contributed by atoms with E-state index < -0.39 is 0 Å². The van der Waals surface area contributed by atoms with Gasteiger partial charge in [0, 0.05) is 0 Å². The van der Waals surface area contributed by atoms with Crippen LogP contribution in [0.3, 0.4) is 0 Å². The number of benzene rings is 1. The van der Waals surface area contributed by atoms with E-state index in [9.17, 15) is 4.39 Å². The molecular formula is C11H14FNO. The van der Waals surface area contributed by atoms with Crippen LogP contribution in [-0.2, 0) is 6.42 Å². The third-order valence-corrected chi connectivity index (χ3v) is 2.54. The second-order valence-corrected chi connectivity index (χ2v) is 3.61. The lowest BCUT2D eigenvalue weighted by atomic mass is 10.0. The van der Waals surface area contributed by atoms with Gasteiger partial charge in [-0.1, -0.05) is 0 Å². The summed E-state index contributed by atoms with van der Waals surface area (Å²) in [4.78, 5) is 0. The molecule has 2 nitrogen and oxygen atoms in total. The van der Waals surface area contributed by atoms with E-state index in [0.717, 1.165) is 30.6 Å². The van der Waals surface area contributed by atoms with Crippen LogP contribution in [0.15, 0.2) is 18.2 Å². The maximum absolute atomic E-state index is 12.9. The van der Waals surface area contributed by atoms with Gasteiger partial charge in [-0.15, -0.1) is 0 Å². The minimum Gasteiger partial charge on any atom is -0.490 e. The second-order valence-electron chi connectivity index (χ2n) is 3.61. The average molecular weight is 195 g/mol. The van der Waals surface area contributed by atoms with Crippen LogP contribution in [0.2, 0.25) is 0 Å². The molecule has 1 aromatic rings. The molecule has 0 aliphatic carbocycles. The molecule has 1 aliphatic heterocycles. The van der Waals surface area contributed by atoms with Crippen LogP contribution in [0.25, 0.3) is 0 Å². The zero-order valence-electron chi connectivity index (χ0n) is 8.00. The second kappa shape index (κ2) is 3.96. The van der Waals surface area contributed by atoms with Crippen molar-refractivity contribution in [3.05, 3.63) is 29.6 Å². The summed E-state index contributed by atoms with van der Waals surface area (Å²) in [5.41, 5.74) is 6.43. The molecule has 14 heavy (non-hydrogen) atoms. The Hall–Kier alpha value is -1.09. The van der Waals surface area contributed by atoms with E-state index in [4.69, 9.17) is 10.5 Å². The van der Waals surface area contributed by atoms with Crippen molar-refractivity contribution >= 4 is 0 Å². The van der Waals surface area contributed by atoms with Crippen molar-refractivity contribution in [1.29, 1.82) is 0 Å². The summed E-state index contributed by atoms with van der Waals surface area (Å²) in [6, 6.07) is 4.69. The first-order chi connectivity index (χ1) is 6.79. The zero-order chi connectivity index (χ0) is 9.97. The number of nitrogens with two attached hydrogens (primary N) is 1. The minimum absolute atomic E-state index is 0.190. The van der Waals surface area contributed by atoms with E-state index in [0.29, 0.717) is 6.54 Å². The third kappa shape index (κ3) is 1.87. The van der Waals surface area contributed by atoms with Crippen LogP contribution >= 0.6 is 0 Å². The molecule has 1 heterocycles. The van der Waals surface area contributed by atoms with Crippen molar-refractivity contribution < 1.29 is 9.13 Å². The molecule has 2 rings (SSSR count). The lowest BCUT2D eigenvalue weighted by Crippen LogP contribution is -2.25. The van der Waals surface area contributed by atoms with E-state index in [1.54, 1.807) is 12.1 Å². The molecule has 76 valence electrons. The van der Waals surface area contributed by atoms with Gasteiger partial charge in [0.1, 0.15) is 17.7 Å². The molecule has 0 spiro atoms. The van der Waals surface area contributed by atoms with E-state index in [1.165, 1.54) is 6.07 Å². The van der Waals surface area contributed by atoms with Crippen molar-refractivity contribution in [1.82, 2.24) is 0 Å². The number of hydrogen-bond acceptors (Lipinski definition) is 2. The Balaban J connectivity index is 2.15. The van der Waals surface area contributed by atoms with Gasteiger partial charge >= 0.3 is 0 Å². The van der Waals surface area contributed by atoms with E-state index in [-0.39, 0.29) is 11.9 Å². The maximum atomic E-state index is 12.9. The number of halogens is 1. The van der Waals surface area contributed by atoms with Gasteiger partial charge in [-0.2, -0.15) is 0 Å². The van der Waals surface area contributed by atoms with Gasteiger partial charge in [0.2, 0.25) is 0 Å². The summed E-state index contributed by atoms with van der Waals surface area (Å²) >= 11 is 0. The van der Waals surface area contributed by atoms with E-state index in [2.05, 4.69) is 0 Å². The lowest BCUT2D eigenvalue weighted by molar-refractivity contribution is 0.166. The molecule has 0 bridgehead atoms. The fraction of sp³-hybridized carbons (Fsp3) is 0.455. The molecular weight excluding hydrogens is 181 g/mol. The third-order valence-electron chi connectivity index (χ3n) is 2.54. The highest BCUT2D eigenvalue weighted by molar-refractivity contribution is 5.35. The SMILES string of the molecule is NCC[C@H]1CCc2cc(F)ccc2O1. The summed E-state index contributed by atoms with van der Waals surface area (Å²) in [5, 5.41) is 0. The first-order valence-corrected chi connectivity index (χ1v) is 4.95. The number of ether oxygens (including phenoxy) is 1. The molecule has 0 amide bonds. The van der Waals surface area contributed by atoms with Crippen LogP contribution < -0.4 is 10.5 Å². The van der Waals surface area contributed by atoms with Crippen LogP contribution in [0, 0.1) is 5.82 Å². The number of fused-ring (bicyclic) bond motifs is 1. The Kier molecular flexibility index (Phi) is 2.68. The minimum atomic E-state index is -0.190. The average Bonchev–Trinajstić information content (AvgIpc) is 2.19. The molecule has 0 saturated carbocycles. The highest BCUT2D eigenvalue weighted by Gasteiger charge is 2.18. The summed E-state index contributed by atoms with van der Waals surface area (Å²) in [6.07, 6.45) is 2.90. The molecule has 0 unspecified atom stereocenters. The molecule has 2 N–H and O–H groups in total. The van der Waals surface area contributed by atoms with Crippen LogP contribution in [0.5, 0.6) is 5.75 Å². The Morgan fingerprint density at radius 1 is 1.50 bits per heavy atom. The first kappa shape index (κ1) is 9.46. The molecule has 1 atom stereocenters. The standard InChI is InChI=1S/C11H14FNO/c12-9-2-4-11-8(7-9)1-3-10(14-11)5-6-13/h2,4,7,10H,1,3,5-6,13H2/t10-/m1/s1. The maximum Gasteiger partial charge on any atom is 0.123 e. The molecule has 0 radical (unpaired) electrons. The molecule has 0 saturated heterocycles. The van der Waals surface area contributed by atoms with Gasteiger partial charge in [0.15, 0.2) is 0 Å². The topological polar surface area (TPSA) is 35.2 Å². The Bertz CT molecular complexity index is 327. The molecule has 0 fully saturated rings. The van der Waals surface area contributed by atoms with Crippen molar-refractivity contribution in [3.63, 3.8) is 0 Å². The Morgan fingerprint density at radius 3 is 3.14 bits per heavy atom. The number of aryl methyl sites for hydroxylation is 1. The van der Waals surface area contributed by atoms with Crippen molar-refractivity contribution in [2.45, 2.75) is 25.4 Å². The first-order valence-electron chi connectivity index (χ1n) is 4.95. The zero-order valence-corrected chi connectivity index (χ0v) is 8.00. The fourth-order valence-corrected chi connectivity index (χ4v) is 1.80. The van der Waals surface area contributed by atoms with Crippen molar-refractivity contribution in [2.75, 3.05) is 6.54 Å². The van der Waals surface area contributed by atoms with Gasteiger partial charge in [0.25, 0.3) is 0 Å². The van der Waals surface area contributed by atoms with Gasteiger partial charge in [-0.05, 0) is 49.6 Å². The summed E-state index contributed by atoms with van der Waals surface area (Å²) < 4.78 is 18.5. The molecule has 1 aliphatic rings. The van der Waals surface area contributed by atoms with E-state index >= 15 is 0 Å². The lowest BCUT2D eigenvalue weighted by Gasteiger charge is -2.25. The van der Waals surface area contributed by atoms with Crippen molar-refractivity contribution in [2.24, 2.45) is 5.73 Å². The Labute approximate surface area is 82.9 Å². The highest BCUT2D eigenvalue weighted by Crippen LogP contribution is 2.28.